The first-order valence-electron chi connectivity index (χ1n) is 21.5. The molecule has 0 fully saturated rings. The molecule has 0 aromatic rings. The third-order valence-corrected chi connectivity index (χ3v) is 8.37. The molecule has 0 saturated carbocycles. The summed E-state index contributed by atoms with van der Waals surface area (Å²) in [6, 6.07) is 0. The molecule has 0 aromatic carbocycles. The van der Waals surface area contributed by atoms with E-state index in [1.807, 2.05) is 0 Å². The van der Waals surface area contributed by atoms with E-state index in [0.717, 1.165) is 75.0 Å². The van der Waals surface area contributed by atoms with Gasteiger partial charge >= 0.3 is 35.8 Å². The third-order valence-electron chi connectivity index (χ3n) is 8.37. The molecule has 0 heterocycles. The van der Waals surface area contributed by atoms with Crippen LogP contribution < -0.4 is 0 Å². The highest BCUT2D eigenvalue weighted by Gasteiger charge is 2.10. The normalized spacial score (nSPS) is 10.7. The van der Waals surface area contributed by atoms with E-state index in [0.29, 0.717) is 26.4 Å². The molecule has 0 bridgehead atoms. The van der Waals surface area contributed by atoms with E-state index >= 15 is 0 Å². The number of hydrogen-bond donors (Lipinski definition) is 2. The van der Waals surface area contributed by atoms with Gasteiger partial charge in [0.25, 0.3) is 0 Å². The zero-order valence-electron chi connectivity index (χ0n) is 36.7. The first kappa shape index (κ1) is 57.1. The Balaban J connectivity index is -0.000000839. The van der Waals surface area contributed by atoms with Crippen molar-refractivity contribution in [2.45, 2.75) is 197 Å². The first-order chi connectivity index (χ1) is 26.5. The number of aliphatic carboxylic acids is 2. The van der Waals surface area contributed by atoms with Crippen molar-refractivity contribution in [2.75, 3.05) is 26.4 Å². The maximum atomic E-state index is 11.5. The summed E-state index contributed by atoms with van der Waals surface area (Å²) in [6.45, 7) is 19.5. The maximum absolute atomic E-state index is 11.5. The summed E-state index contributed by atoms with van der Waals surface area (Å²) in [7, 11) is 0. The standard InChI is InChI=1S/2C20H38O4.C4H6O4/c2*1-17(2)11-7-5-9-15-23-19(21)13-14-20(22)24-16-10-6-8-12-18(3)4;5-3(6)1-2-4(7)8/h2*17-18H,5-16H2,1-4H3;1-2H2,(H,5,6)(H,7,8). The fourth-order valence-corrected chi connectivity index (χ4v) is 4.98. The number of carboxylic acid groups (broad SMARTS) is 2. The van der Waals surface area contributed by atoms with Gasteiger partial charge in [-0.15, -0.1) is 0 Å². The van der Waals surface area contributed by atoms with Gasteiger partial charge in [-0.3, -0.25) is 28.8 Å². The highest BCUT2D eigenvalue weighted by molar-refractivity contribution is 5.78. The van der Waals surface area contributed by atoms with Gasteiger partial charge in [0.1, 0.15) is 0 Å². The van der Waals surface area contributed by atoms with E-state index < -0.39 is 11.9 Å². The lowest BCUT2D eigenvalue weighted by Gasteiger charge is -2.07. The molecule has 0 amide bonds. The lowest BCUT2D eigenvalue weighted by molar-refractivity contribution is -0.150. The number of carbonyl (C=O) groups is 6. The third kappa shape index (κ3) is 55.2. The van der Waals surface area contributed by atoms with Gasteiger partial charge in [0.15, 0.2) is 0 Å². The molecule has 0 aliphatic heterocycles. The van der Waals surface area contributed by atoms with Gasteiger partial charge in [-0.05, 0) is 49.4 Å². The van der Waals surface area contributed by atoms with Crippen LogP contribution in [0.2, 0.25) is 0 Å². The molecule has 0 atom stereocenters. The molecule has 0 radical (unpaired) electrons. The molecule has 12 heteroatoms. The molecule has 56 heavy (non-hydrogen) atoms. The summed E-state index contributed by atoms with van der Waals surface area (Å²) in [5.74, 6) is -0.425. The van der Waals surface area contributed by atoms with Crippen LogP contribution in [0, 0.1) is 23.7 Å². The predicted molar refractivity (Wildman–Crippen MR) is 220 cm³/mol. The van der Waals surface area contributed by atoms with Gasteiger partial charge in [0.05, 0.1) is 65.0 Å². The SMILES string of the molecule is CC(C)CCCCCOC(=O)CCC(=O)OCCCCCC(C)C.CC(C)CCCCCOC(=O)CCC(=O)OCCCCCC(C)C.O=C(O)CCC(=O)O. The number of hydrogen-bond acceptors (Lipinski definition) is 10. The van der Waals surface area contributed by atoms with Crippen LogP contribution in [0.25, 0.3) is 0 Å². The van der Waals surface area contributed by atoms with E-state index in [-0.39, 0.29) is 62.4 Å². The highest BCUT2D eigenvalue weighted by atomic mass is 16.5. The Labute approximate surface area is 339 Å². The van der Waals surface area contributed by atoms with Crippen LogP contribution in [0.1, 0.15) is 197 Å². The number of ether oxygens (including phenoxy) is 4. The quantitative estimate of drug-likeness (QED) is 0.0365. The molecule has 0 saturated heterocycles. The Morgan fingerprint density at radius 3 is 0.679 bits per heavy atom. The lowest BCUT2D eigenvalue weighted by Crippen LogP contribution is -2.11. The molecule has 0 rings (SSSR count). The number of carbonyl (C=O) groups excluding carboxylic acids is 4. The van der Waals surface area contributed by atoms with Crippen LogP contribution in [0.4, 0.5) is 0 Å². The predicted octanol–water partition coefficient (Wildman–Crippen LogP) is 10.5. The van der Waals surface area contributed by atoms with Crippen LogP contribution in [0.3, 0.4) is 0 Å². The van der Waals surface area contributed by atoms with Gasteiger partial charge in [-0.2, -0.15) is 0 Å². The highest BCUT2D eigenvalue weighted by Crippen LogP contribution is 2.11. The van der Waals surface area contributed by atoms with E-state index in [4.69, 9.17) is 29.2 Å². The van der Waals surface area contributed by atoms with E-state index in [9.17, 15) is 28.8 Å². The van der Waals surface area contributed by atoms with Crippen molar-refractivity contribution in [3.05, 3.63) is 0 Å². The van der Waals surface area contributed by atoms with Crippen molar-refractivity contribution in [2.24, 2.45) is 23.7 Å². The largest absolute Gasteiger partial charge is 0.481 e. The summed E-state index contributed by atoms with van der Waals surface area (Å²) < 4.78 is 20.5. The molecule has 0 aliphatic carbocycles. The van der Waals surface area contributed by atoms with E-state index in [2.05, 4.69) is 55.4 Å². The summed E-state index contributed by atoms with van der Waals surface area (Å²) in [5, 5.41) is 15.8. The monoisotopic (exact) mass is 803 g/mol. The number of rotatable bonds is 33. The molecule has 0 aromatic heterocycles. The average molecular weight is 803 g/mol. The molecule has 330 valence electrons. The van der Waals surface area contributed by atoms with Crippen LogP contribution in [0.15, 0.2) is 0 Å². The molecule has 12 nitrogen and oxygen atoms in total. The zero-order valence-corrected chi connectivity index (χ0v) is 36.7. The summed E-state index contributed by atoms with van der Waals surface area (Å²) in [4.78, 5) is 65.4. The van der Waals surface area contributed by atoms with E-state index in [1.165, 1.54) is 51.4 Å². The van der Waals surface area contributed by atoms with Crippen molar-refractivity contribution in [1.29, 1.82) is 0 Å². The Morgan fingerprint density at radius 2 is 0.518 bits per heavy atom. The topological polar surface area (TPSA) is 180 Å². The van der Waals surface area contributed by atoms with Gasteiger partial charge in [-0.1, -0.05) is 132 Å². The zero-order chi connectivity index (χ0) is 43.0. The number of esters is 4. The Hall–Kier alpha value is -3.18. The van der Waals surface area contributed by atoms with Crippen molar-refractivity contribution in [1.82, 2.24) is 0 Å². The average Bonchev–Trinajstić information content (AvgIpc) is 3.11. The number of unbranched alkanes of at least 4 members (excludes halogenated alkanes) is 8. The van der Waals surface area contributed by atoms with Crippen molar-refractivity contribution >= 4 is 35.8 Å². The lowest BCUT2D eigenvalue weighted by atomic mass is 10.1. The van der Waals surface area contributed by atoms with Crippen LogP contribution in [-0.2, 0) is 47.7 Å². The number of carboxylic acids is 2. The second kappa shape index (κ2) is 41.5. The fraction of sp³-hybridized carbons (Fsp3) is 0.864. The Morgan fingerprint density at radius 1 is 0.321 bits per heavy atom. The summed E-state index contributed by atoms with van der Waals surface area (Å²) >= 11 is 0. The van der Waals surface area contributed by atoms with Crippen LogP contribution in [-0.4, -0.2) is 72.5 Å². The van der Waals surface area contributed by atoms with Crippen molar-refractivity contribution < 1.29 is 57.9 Å². The van der Waals surface area contributed by atoms with Gasteiger partial charge < -0.3 is 29.2 Å². The first-order valence-corrected chi connectivity index (χ1v) is 21.5. The van der Waals surface area contributed by atoms with Crippen molar-refractivity contribution in [3.63, 3.8) is 0 Å². The summed E-state index contributed by atoms with van der Waals surface area (Å²) in [6.07, 6.45) is 17.5. The maximum Gasteiger partial charge on any atom is 0.306 e. The minimum absolute atomic E-state index is 0.123. The molecule has 0 unspecified atom stereocenters. The fourth-order valence-electron chi connectivity index (χ4n) is 4.98. The minimum atomic E-state index is -1.08. The molecule has 0 spiro atoms. The van der Waals surface area contributed by atoms with Crippen LogP contribution in [0.5, 0.6) is 0 Å². The smallest absolute Gasteiger partial charge is 0.306 e. The molecular formula is C44H82O12. The molecule has 2 N–H and O–H groups in total. The minimum Gasteiger partial charge on any atom is -0.481 e. The van der Waals surface area contributed by atoms with Gasteiger partial charge in [0.2, 0.25) is 0 Å². The second-order valence-electron chi connectivity index (χ2n) is 16.1. The second-order valence-corrected chi connectivity index (χ2v) is 16.1. The molecular weight excluding hydrogens is 720 g/mol. The van der Waals surface area contributed by atoms with Gasteiger partial charge in [-0.25, -0.2) is 0 Å². The van der Waals surface area contributed by atoms with Gasteiger partial charge in [0, 0.05) is 0 Å². The Kier molecular flexibility index (Phi) is 42.3. The van der Waals surface area contributed by atoms with Crippen LogP contribution >= 0.6 is 0 Å². The molecule has 0 aliphatic rings. The van der Waals surface area contributed by atoms with E-state index in [1.54, 1.807) is 0 Å². The summed E-state index contributed by atoms with van der Waals surface area (Å²) in [5.41, 5.74) is 0. The van der Waals surface area contributed by atoms with Crippen molar-refractivity contribution in [3.8, 4) is 0 Å². The Bertz CT molecular complexity index is 849.